The number of nitrogens with one attached hydrogen (secondary N) is 1. The molecule has 0 radical (unpaired) electrons. The average Bonchev–Trinajstić information content (AvgIpc) is 2.03. The van der Waals surface area contributed by atoms with Gasteiger partial charge in [0, 0.05) is 11.6 Å². The van der Waals surface area contributed by atoms with Crippen LogP contribution < -0.4 is 5.32 Å². The molecule has 1 atom stereocenters. The molecule has 0 saturated carbocycles. The third-order valence-corrected chi connectivity index (χ3v) is 1.73. The van der Waals surface area contributed by atoms with Crippen LogP contribution in [0.5, 0.6) is 0 Å². The summed E-state index contributed by atoms with van der Waals surface area (Å²) in [6, 6.07) is 0.00889. The van der Waals surface area contributed by atoms with Crippen LogP contribution in [-0.4, -0.2) is 36.4 Å². The Morgan fingerprint density at radius 2 is 2.15 bits per heavy atom. The number of aliphatic hydroxyl groups excluding tert-OH is 1. The Labute approximate surface area is 79.3 Å². The van der Waals surface area contributed by atoms with Crippen molar-refractivity contribution in [1.29, 1.82) is 0 Å². The van der Waals surface area contributed by atoms with Crippen molar-refractivity contribution in [3.63, 3.8) is 0 Å². The van der Waals surface area contributed by atoms with E-state index in [0.29, 0.717) is 6.42 Å². The molecule has 0 heterocycles. The first-order valence-electron chi connectivity index (χ1n) is 4.36. The van der Waals surface area contributed by atoms with Crippen molar-refractivity contribution in [3.8, 4) is 0 Å². The normalized spacial score (nSPS) is 13.9. The van der Waals surface area contributed by atoms with Crippen molar-refractivity contribution in [2.75, 3.05) is 13.7 Å². The molecule has 13 heavy (non-hydrogen) atoms. The van der Waals surface area contributed by atoms with Crippen LogP contribution >= 0.6 is 0 Å². The summed E-state index contributed by atoms with van der Waals surface area (Å²) in [6.45, 7) is 5.68. The Hall–Kier alpha value is -0.610. The summed E-state index contributed by atoms with van der Waals surface area (Å²) in [5.74, 6) is -0.242. The van der Waals surface area contributed by atoms with E-state index in [0.717, 1.165) is 0 Å². The number of esters is 1. The number of carbonyl (C=O) groups is 1. The fourth-order valence-electron chi connectivity index (χ4n) is 1.10. The lowest BCUT2D eigenvalue weighted by Crippen LogP contribution is -2.48. The van der Waals surface area contributed by atoms with Crippen molar-refractivity contribution in [2.24, 2.45) is 0 Å². The number of carbonyl (C=O) groups excluding carboxylic acids is 1. The number of ether oxygens (including phenoxy) is 1. The number of aliphatic hydroxyl groups is 1. The number of methoxy groups -OCH3 is 1. The summed E-state index contributed by atoms with van der Waals surface area (Å²) in [6.07, 6.45) is 0.319. The quantitative estimate of drug-likeness (QED) is 0.611. The fraction of sp³-hybridized carbons (Fsp3) is 0.889. The van der Waals surface area contributed by atoms with Crippen LogP contribution in [0.15, 0.2) is 0 Å². The highest BCUT2D eigenvalue weighted by Crippen LogP contribution is 2.04. The Bertz CT molecular complexity index is 168. The van der Waals surface area contributed by atoms with Gasteiger partial charge in [0.1, 0.15) is 0 Å². The molecule has 0 aliphatic carbocycles. The Morgan fingerprint density at radius 3 is 2.54 bits per heavy atom. The molecule has 2 N–H and O–H groups in total. The van der Waals surface area contributed by atoms with Gasteiger partial charge in [0.2, 0.25) is 0 Å². The van der Waals surface area contributed by atoms with Crippen molar-refractivity contribution < 1.29 is 14.6 Å². The third kappa shape index (κ3) is 5.60. The van der Waals surface area contributed by atoms with Crippen LogP contribution in [0, 0.1) is 0 Å². The Kier molecular flexibility index (Phi) is 4.95. The molecule has 0 aliphatic rings. The van der Waals surface area contributed by atoms with E-state index < -0.39 is 0 Å². The van der Waals surface area contributed by atoms with Crippen LogP contribution in [0.4, 0.5) is 0 Å². The van der Waals surface area contributed by atoms with E-state index >= 15 is 0 Å². The van der Waals surface area contributed by atoms with E-state index in [2.05, 4.69) is 10.1 Å². The lowest BCUT2D eigenvalue weighted by molar-refractivity contribution is -0.141. The zero-order valence-corrected chi connectivity index (χ0v) is 8.76. The molecule has 4 heteroatoms. The zero-order chi connectivity index (χ0) is 10.5. The second kappa shape index (κ2) is 5.19. The average molecular weight is 189 g/mol. The second-order valence-corrected chi connectivity index (χ2v) is 3.87. The molecule has 0 saturated heterocycles. The summed E-state index contributed by atoms with van der Waals surface area (Å²) in [7, 11) is 1.37. The summed E-state index contributed by atoms with van der Waals surface area (Å²) in [5.41, 5.74) is -0.354. The summed E-state index contributed by atoms with van der Waals surface area (Å²) >= 11 is 0. The number of hydrogen-bond donors (Lipinski definition) is 2. The van der Waals surface area contributed by atoms with E-state index in [1.54, 1.807) is 0 Å². The van der Waals surface area contributed by atoms with Crippen LogP contribution in [0.25, 0.3) is 0 Å². The van der Waals surface area contributed by atoms with Gasteiger partial charge < -0.3 is 15.2 Å². The van der Waals surface area contributed by atoms with Crippen molar-refractivity contribution in [1.82, 2.24) is 5.32 Å². The molecule has 0 aromatic carbocycles. The smallest absolute Gasteiger partial charge is 0.307 e. The molecule has 0 amide bonds. The molecule has 0 fully saturated rings. The summed E-state index contributed by atoms with van der Waals surface area (Å²) < 4.78 is 4.53. The zero-order valence-electron chi connectivity index (χ0n) is 8.76. The molecule has 0 spiro atoms. The molecule has 0 aliphatic heterocycles. The molecule has 1 unspecified atom stereocenters. The highest BCUT2D eigenvalue weighted by atomic mass is 16.5. The summed E-state index contributed by atoms with van der Waals surface area (Å²) in [5, 5.41) is 12.1. The molecular weight excluding hydrogens is 170 g/mol. The maximum Gasteiger partial charge on any atom is 0.307 e. The van der Waals surface area contributed by atoms with Gasteiger partial charge in [-0.25, -0.2) is 0 Å². The minimum Gasteiger partial charge on any atom is -0.469 e. The van der Waals surface area contributed by atoms with Gasteiger partial charge in [-0.05, 0) is 20.8 Å². The van der Waals surface area contributed by atoms with Gasteiger partial charge in [-0.1, -0.05) is 0 Å². The maximum absolute atomic E-state index is 10.9. The first-order valence-corrected chi connectivity index (χ1v) is 4.36. The lowest BCUT2D eigenvalue weighted by Gasteiger charge is -2.27. The van der Waals surface area contributed by atoms with Gasteiger partial charge in [-0.2, -0.15) is 0 Å². The highest BCUT2D eigenvalue weighted by molar-refractivity contribution is 5.69. The number of hydrogen-bond acceptors (Lipinski definition) is 4. The van der Waals surface area contributed by atoms with Crippen LogP contribution in [0.3, 0.4) is 0 Å². The number of rotatable bonds is 5. The van der Waals surface area contributed by atoms with E-state index in [1.807, 2.05) is 20.8 Å². The molecule has 0 bridgehead atoms. The fourth-order valence-corrected chi connectivity index (χ4v) is 1.10. The Morgan fingerprint density at radius 1 is 1.62 bits per heavy atom. The van der Waals surface area contributed by atoms with Gasteiger partial charge in [-0.3, -0.25) is 4.79 Å². The molecule has 0 aromatic rings. The molecular formula is C9H19NO3. The Balaban J connectivity index is 3.86. The summed E-state index contributed by atoms with van der Waals surface area (Å²) in [4.78, 5) is 10.9. The second-order valence-electron chi connectivity index (χ2n) is 3.87. The SMILES string of the molecule is COC(=O)CC(C)NC(C)(C)CO. The van der Waals surface area contributed by atoms with E-state index in [9.17, 15) is 4.79 Å². The van der Waals surface area contributed by atoms with E-state index in [1.165, 1.54) is 7.11 Å². The van der Waals surface area contributed by atoms with Gasteiger partial charge in [0.05, 0.1) is 20.1 Å². The van der Waals surface area contributed by atoms with Gasteiger partial charge in [-0.15, -0.1) is 0 Å². The standard InChI is InChI=1S/C9H19NO3/c1-7(5-8(12)13-4)10-9(2,3)6-11/h7,10-11H,5-6H2,1-4H3. The maximum atomic E-state index is 10.9. The van der Waals surface area contributed by atoms with Crippen LogP contribution in [0.2, 0.25) is 0 Å². The third-order valence-electron chi connectivity index (χ3n) is 1.73. The monoisotopic (exact) mass is 189 g/mol. The van der Waals surface area contributed by atoms with Crippen molar-refractivity contribution >= 4 is 5.97 Å². The van der Waals surface area contributed by atoms with Crippen LogP contribution in [0.1, 0.15) is 27.2 Å². The predicted octanol–water partition coefficient (Wildman–Crippen LogP) is 0.299. The van der Waals surface area contributed by atoms with Gasteiger partial charge in [0.25, 0.3) is 0 Å². The van der Waals surface area contributed by atoms with Crippen molar-refractivity contribution in [3.05, 3.63) is 0 Å². The first kappa shape index (κ1) is 12.4. The predicted molar refractivity (Wildman–Crippen MR) is 50.4 cm³/mol. The molecule has 0 aromatic heterocycles. The minimum atomic E-state index is -0.354. The topological polar surface area (TPSA) is 58.6 Å². The van der Waals surface area contributed by atoms with Gasteiger partial charge in [0.15, 0.2) is 0 Å². The van der Waals surface area contributed by atoms with Crippen LogP contribution in [-0.2, 0) is 9.53 Å². The molecule has 0 rings (SSSR count). The minimum absolute atomic E-state index is 0.00889. The van der Waals surface area contributed by atoms with E-state index in [-0.39, 0.29) is 24.2 Å². The molecule has 4 nitrogen and oxygen atoms in total. The largest absolute Gasteiger partial charge is 0.469 e. The van der Waals surface area contributed by atoms with E-state index in [4.69, 9.17) is 5.11 Å². The lowest BCUT2D eigenvalue weighted by atomic mass is 10.0. The molecule has 78 valence electrons. The van der Waals surface area contributed by atoms with Crippen molar-refractivity contribution in [2.45, 2.75) is 38.8 Å². The highest BCUT2D eigenvalue weighted by Gasteiger charge is 2.20. The van der Waals surface area contributed by atoms with Gasteiger partial charge >= 0.3 is 5.97 Å². The first-order chi connectivity index (χ1) is 5.91.